The van der Waals surface area contributed by atoms with Crippen molar-refractivity contribution in [1.82, 2.24) is 0 Å². The molecule has 0 aromatic heterocycles. The molecule has 194 valence electrons. The van der Waals surface area contributed by atoms with Crippen molar-refractivity contribution in [3.05, 3.63) is 52.9 Å². The number of benzene rings is 1. The van der Waals surface area contributed by atoms with E-state index < -0.39 is 28.9 Å². The molecular weight excluding hydrogens is 479 g/mol. The number of halogens is 1. The van der Waals surface area contributed by atoms with Crippen LogP contribution in [0.4, 0.5) is 4.39 Å². The summed E-state index contributed by atoms with van der Waals surface area (Å²) in [4.78, 5) is 25.5. The van der Waals surface area contributed by atoms with E-state index in [1.807, 2.05) is 0 Å². The number of hydrogen-bond acceptors (Lipinski definition) is 7. The van der Waals surface area contributed by atoms with Gasteiger partial charge in [0.15, 0.2) is 11.7 Å². The number of esters is 2. The fourth-order valence-corrected chi connectivity index (χ4v) is 8.74. The van der Waals surface area contributed by atoms with Gasteiger partial charge in [-0.2, -0.15) is 0 Å². The fourth-order valence-electron chi connectivity index (χ4n) is 8.74. The Hall–Kier alpha value is -2.55. The van der Waals surface area contributed by atoms with Crippen molar-refractivity contribution in [3.63, 3.8) is 0 Å². The Morgan fingerprint density at radius 2 is 1.95 bits per heavy atom. The minimum absolute atomic E-state index is 0.0878. The zero-order chi connectivity index (χ0) is 25.5. The fraction of sp³-hybridized carbons (Fsp3) is 0.586. The number of fused-ring (bicyclic) bond motifs is 4. The molecule has 7 aliphatic rings. The Labute approximate surface area is 213 Å². The third-order valence-electron chi connectivity index (χ3n) is 10.6. The number of cyclic esters (lactones) is 1. The van der Waals surface area contributed by atoms with Gasteiger partial charge in [0.25, 0.3) is 0 Å². The normalized spacial score (nSPS) is 47.8. The van der Waals surface area contributed by atoms with Crippen molar-refractivity contribution in [2.45, 2.75) is 81.3 Å². The lowest BCUT2D eigenvalue weighted by molar-refractivity contribution is -0.163. The summed E-state index contributed by atoms with van der Waals surface area (Å²) in [7, 11) is 0. The van der Waals surface area contributed by atoms with E-state index in [0.717, 1.165) is 24.0 Å². The molecule has 3 aliphatic carbocycles. The van der Waals surface area contributed by atoms with Crippen molar-refractivity contribution in [1.29, 1.82) is 0 Å². The van der Waals surface area contributed by atoms with E-state index in [1.165, 1.54) is 18.2 Å². The van der Waals surface area contributed by atoms with Gasteiger partial charge in [0.1, 0.15) is 35.8 Å². The van der Waals surface area contributed by atoms with Gasteiger partial charge in [-0.25, -0.2) is 14.0 Å². The summed E-state index contributed by atoms with van der Waals surface area (Å²) in [5.41, 5.74) is 0.265. The Kier molecular flexibility index (Phi) is 4.07. The molecule has 4 aliphatic heterocycles. The molecule has 0 radical (unpaired) electrons. The number of ether oxygens (including phenoxy) is 5. The minimum Gasteiger partial charge on any atom is -0.458 e. The van der Waals surface area contributed by atoms with Gasteiger partial charge in [0, 0.05) is 17.1 Å². The molecule has 2 saturated carbocycles. The van der Waals surface area contributed by atoms with Crippen LogP contribution in [0.1, 0.15) is 45.6 Å². The first-order chi connectivity index (χ1) is 17.7. The van der Waals surface area contributed by atoms with Crippen LogP contribution < -0.4 is 0 Å². The Bertz CT molecular complexity index is 1320. The quantitative estimate of drug-likeness (QED) is 0.349. The first kappa shape index (κ1) is 22.4. The second kappa shape index (κ2) is 6.71. The third-order valence-corrected chi connectivity index (χ3v) is 10.6. The molecule has 37 heavy (non-hydrogen) atoms. The molecule has 1 aromatic carbocycles. The van der Waals surface area contributed by atoms with E-state index in [0.29, 0.717) is 18.6 Å². The maximum Gasteiger partial charge on any atom is 0.334 e. The molecule has 0 unspecified atom stereocenters. The van der Waals surface area contributed by atoms with Crippen molar-refractivity contribution in [2.24, 2.45) is 17.3 Å². The lowest BCUT2D eigenvalue weighted by Gasteiger charge is -2.53. The van der Waals surface area contributed by atoms with E-state index in [-0.39, 0.29) is 47.3 Å². The van der Waals surface area contributed by atoms with Crippen molar-refractivity contribution < 1.29 is 37.7 Å². The standard InChI is InChI=1S/C29H29FO7/c1-14(2)27-22(36-27)23-29(37-23)26(3)11-10-17-18(13-33-24(17)32)19(26)12-20-28(29,35-20)25(27)34-21(31)9-6-15-4-7-16(30)8-5-15/h4-9,14,19-20,22-23,25H,10-13H2,1-3H3/b9-6+/t19-,20-,22-,23-,25+,26-,27-,28+,29+/m0/s1. The second-order valence-corrected chi connectivity index (χ2v) is 12.2. The summed E-state index contributed by atoms with van der Waals surface area (Å²) < 4.78 is 44.7. The molecule has 3 saturated heterocycles. The van der Waals surface area contributed by atoms with Crippen molar-refractivity contribution in [3.8, 4) is 0 Å². The summed E-state index contributed by atoms with van der Waals surface area (Å²) in [6.45, 7) is 6.77. The van der Waals surface area contributed by atoms with Gasteiger partial charge >= 0.3 is 11.9 Å². The monoisotopic (exact) mass is 508 g/mol. The first-order valence-electron chi connectivity index (χ1n) is 13.3. The maximum absolute atomic E-state index is 13.3. The van der Waals surface area contributed by atoms with E-state index in [4.69, 9.17) is 23.7 Å². The number of epoxide rings is 3. The van der Waals surface area contributed by atoms with Gasteiger partial charge in [-0.1, -0.05) is 32.9 Å². The van der Waals surface area contributed by atoms with Crippen LogP contribution >= 0.6 is 0 Å². The minimum atomic E-state index is -0.777. The molecular formula is C29H29FO7. The zero-order valence-corrected chi connectivity index (χ0v) is 21.0. The summed E-state index contributed by atoms with van der Waals surface area (Å²) in [6, 6.07) is 5.92. The summed E-state index contributed by atoms with van der Waals surface area (Å²) in [6.07, 6.45) is 4.11. The SMILES string of the molecule is CC(C)[C@]12O[C@H]1[C@@H]1O[C@]13[C@]1(O[C@H]1C[C@H]1C4=C(CC[C@@]13C)C(=O)OC4)[C@@H]2OC(=O)/C=C/c1ccc(F)cc1. The van der Waals surface area contributed by atoms with Crippen LogP contribution in [0.2, 0.25) is 0 Å². The highest BCUT2D eigenvalue weighted by Gasteiger charge is 3.01. The average Bonchev–Trinajstić information content (AvgIpc) is 3.77. The molecule has 9 atom stereocenters. The highest BCUT2D eigenvalue weighted by Crippen LogP contribution is 2.83. The lowest BCUT2D eigenvalue weighted by atomic mass is 9.46. The smallest absolute Gasteiger partial charge is 0.334 e. The van der Waals surface area contributed by atoms with E-state index in [9.17, 15) is 14.0 Å². The maximum atomic E-state index is 13.3. The number of carbonyl (C=O) groups is 2. The highest BCUT2D eigenvalue weighted by molar-refractivity contribution is 5.92. The average molecular weight is 509 g/mol. The summed E-state index contributed by atoms with van der Waals surface area (Å²) >= 11 is 0. The van der Waals surface area contributed by atoms with Crippen LogP contribution in [-0.2, 0) is 33.3 Å². The van der Waals surface area contributed by atoms with Crippen LogP contribution in [0, 0.1) is 23.1 Å². The third kappa shape index (κ3) is 2.44. The molecule has 5 fully saturated rings. The number of hydrogen-bond donors (Lipinski definition) is 0. The zero-order valence-electron chi connectivity index (χ0n) is 21.0. The largest absolute Gasteiger partial charge is 0.458 e. The van der Waals surface area contributed by atoms with E-state index >= 15 is 0 Å². The van der Waals surface area contributed by atoms with Crippen molar-refractivity contribution in [2.75, 3.05) is 6.61 Å². The Morgan fingerprint density at radius 3 is 2.70 bits per heavy atom. The van der Waals surface area contributed by atoms with Crippen LogP contribution in [0.25, 0.3) is 6.08 Å². The first-order valence-corrected chi connectivity index (χ1v) is 13.3. The predicted molar refractivity (Wildman–Crippen MR) is 126 cm³/mol. The molecule has 0 N–H and O–H groups in total. The van der Waals surface area contributed by atoms with Crippen LogP contribution in [-0.4, -0.2) is 59.8 Å². The molecule has 4 heterocycles. The van der Waals surface area contributed by atoms with Gasteiger partial charge in [-0.15, -0.1) is 0 Å². The molecule has 8 rings (SSSR count). The van der Waals surface area contributed by atoms with Gasteiger partial charge < -0.3 is 23.7 Å². The molecule has 8 heteroatoms. The van der Waals surface area contributed by atoms with Crippen LogP contribution in [0.3, 0.4) is 0 Å². The Morgan fingerprint density at radius 1 is 1.16 bits per heavy atom. The van der Waals surface area contributed by atoms with Crippen LogP contribution in [0.5, 0.6) is 0 Å². The highest BCUT2D eigenvalue weighted by atomic mass is 19.1. The van der Waals surface area contributed by atoms with Gasteiger partial charge in [-0.3, -0.25) is 0 Å². The second-order valence-electron chi connectivity index (χ2n) is 12.2. The van der Waals surface area contributed by atoms with Crippen molar-refractivity contribution >= 4 is 18.0 Å². The molecule has 1 aromatic rings. The van der Waals surface area contributed by atoms with E-state index in [1.54, 1.807) is 18.2 Å². The molecule has 2 spiro atoms. The lowest BCUT2D eigenvalue weighted by Crippen LogP contribution is -2.70. The Balaban J connectivity index is 1.16. The number of carbonyl (C=O) groups excluding carboxylic acids is 2. The van der Waals surface area contributed by atoms with Gasteiger partial charge in [-0.05, 0) is 60.4 Å². The summed E-state index contributed by atoms with van der Waals surface area (Å²) in [5, 5.41) is 0. The topological polar surface area (TPSA) is 90.2 Å². The number of rotatable bonds is 4. The molecule has 0 bridgehead atoms. The molecule has 0 amide bonds. The summed E-state index contributed by atoms with van der Waals surface area (Å²) in [5.74, 6) is -0.805. The van der Waals surface area contributed by atoms with E-state index in [2.05, 4.69) is 20.8 Å². The molecule has 7 nitrogen and oxygen atoms in total. The van der Waals surface area contributed by atoms with Gasteiger partial charge in [0.05, 0.1) is 6.10 Å². The predicted octanol–water partition coefficient (Wildman–Crippen LogP) is 3.51. The van der Waals surface area contributed by atoms with Gasteiger partial charge in [0.2, 0.25) is 0 Å². The van der Waals surface area contributed by atoms with Crippen LogP contribution in [0.15, 0.2) is 41.5 Å².